The topological polar surface area (TPSA) is 51.7 Å². The van der Waals surface area contributed by atoms with E-state index in [1.807, 2.05) is 48.2 Å². The van der Waals surface area contributed by atoms with Gasteiger partial charge < -0.3 is 14.4 Å². The van der Waals surface area contributed by atoms with Gasteiger partial charge >= 0.3 is 0 Å². The van der Waals surface area contributed by atoms with E-state index in [0.29, 0.717) is 0 Å². The van der Waals surface area contributed by atoms with E-state index >= 15 is 0 Å². The number of nitrogens with zero attached hydrogens (tertiary/aromatic N) is 2. The number of fused-ring (bicyclic) bond motifs is 2. The van der Waals surface area contributed by atoms with Gasteiger partial charge in [-0.2, -0.15) is 0 Å². The van der Waals surface area contributed by atoms with Crippen molar-refractivity contribution in [2.24, 2.45) is 0 Å². The van der Waals surface area contributed by atoms with Crippen molar-refractivity contribution < 1.29 is 14.3 Å². The Hall–Kier alpha value is -2.56. The molecular weight excluding hydrogens is 328 g/mol. The molecule has 2 saturated heterocycles. The van der Waals surface area contributed by atoms with E-state index in [4.69, 9.17) is 9.47 Å². The molecule has 2 fully saturated rings. The van der Waals surface area contributed by atoms with Gasteiger partial charge in [0.05, 0.1) is 6.20 Å². The van der Waals surface area contributed by atoms with Crippen molar-refractivity contribution in [1.82, 2.24) is 9.88 Å². The first-order valence-electron chi connectivity index (χ1n) is 9.26. The van der Waals surface area contributed by atoms with Crippen LogP contribution in [0.25, 0.3) is 0 Å². The number of rotatable bonds is 5. The standard InChI is InChI=1S/C21H24N2O3/c1-15-4-8-18(9-5-15)25-14-21(24)23-16-6-7-17(23)12-20(11-16)26-19-3-2-10-22-13-19/h2-5,8-10,13,16-17,20H,6-7,11-12,14H2,1H3. The predicted octanol–water partition coefficient (Wildman–Crippen LogP) is 3.37. The molecule has 0 radical (unpaired) electrons. The highest BCUT2D eigenvalue weighted by Crippen LogP contribution is 2.37. The van der Waals surface area contributed by atoms with Crippen molar-refractivity contribution in [3.63, 3.8) is 0 Å². The molecule has 1 aromatic heterocycles. The summed E-state index contributed by atoms with van der Waals surface area (Å²) in [5, 5.41) is 0. The Morgan fingerprint density at radius 1 is 1.12 bits per heavy atom. The first-order chi connectivity index (χ1) is 12.7. The number of piperidine rings is 1. The number of amides is 1. The van der Waals surface area contributed by atoms with Crippen LogP contribution in [-0.4, -0.2) is 40.6 Å². The fourth-order valence-corrected chi connectivity index (χ4v) is 4.09. The molecule has 2 aromatic rings. The molecular formula is C21H24N2O3. The van der Waals surface area contributed by atoms with Crippen LogP contribution < -0.4 is 9.47 Å². The smallest absolute Gasteiger partial charge is 0.261 e. The maximum absolute atomic E-state index is 12.7. The number of carbonyl (C=O) groups excluding carboxylic acids is 1. The third-order valence-corrected chi connectivity index (χ3v) is 5.30. The van der Waals surface area contributed by atoms with E-state index in [9.17, 15) is 4.79 Å². The first-order valence-corrected chi connectivity index (χ1v) is 9.26. The lowest BCUT2D eigenvalue weighted by Crippen LogP contribution is -2.50. The minimum atomic E-state index is 0.0814. The Morgan fingerprint density at radius 2 is 1.85 bits per heavy atom. The Morgan fingerprint density at radius 3 is 2.50 bits per heavy atom. The van der Waals surface area contributed by atoms with Crippen molar-refractivity contribution in [2.75, 3.05) is 6.61 Å². The summed E-state index contributed by atoms with van der Waals surface area (Å²) in [5.41, 5.74) is 1.18. The van der Waals surface area contributed by atoms with Gasteiger partial charge in [-0.05, 0) is 44.0 Å². The van der Waals surface area contributed by atoms with Gasteiger partial charge in [0.2, 0.25) is 0 Å². The summed E-state index contributed by atoms with van der Waals surface area (Å²) in [7, 11) is 0. The first kappa shape index (κ1) is 16.9. The second-order valence-corrected chi connectivity index (χ2v) is 7.19. The minimum absolute atomic E-state index is 0.0814. The van der Waals surface area contributed by atoms with Gasteiger partial charge in [0.1, 0.15) is 17.6 Å². The molecule has 0 saturated carbocycles. The molecule has 0 spiro atoms. The summed E-state index contributed by atoms with van der Waals surface area (Å²) in [4.78, 5) is 18.9. The van der Waals surface area contributed by atoms with Crippen molar-refractivity contribution in [1.29, 1.82) is 0 Å². The van der Waals surface area contributed by atoms with Crippen molar-refractivity contribution in [2.45, 2.75) is 50.8 Å². The molecule has 1 amide bonds. The molecule has 2 unspecified atom stereocenters. The van der Waals surface area contributed by atoms with Crippen molar-refractivity contribution in [3.05, 3.63) is 54.4 Å². The van der Waals surface area contributed by atoms with Crippen LogP contribution in [0.5, 0.6) is 11.5 Å². The predicted molar refractivity (Wildman–Crippen MR) is 98.2 cm³/mol. The Labute approximate surface area is 153 Å². The quantitative estimate of drug-likeness (QED) is 0.828. The average Bonchev–Trinajstić information content (AvgIpc) is 2.93. The number of aryl methyl sites for hydroxylation is 1. The van der Waals surface area contributed by atoms with Gasteiger partial charge in [-0.3, -0.25) is 9.78 Å². The summed E-state index contributed by atoms with van der Waals surface area (Å²) in [6, 6.07) is 12.1. The number of aromatic nitrogens is 1. The average molecular weight is 352 g/mol. The van der Waals surface area contributed by atoms with E-state index in [2.05, 4.69) is 4.98 Å². The van der Waals surface area contributed by atoms with Crippen molar-refractivity contribution in [3.8, 4) is 11.5 Å². The van der Waals surface area contributed by atoms with Crippen LogP contribution in [0, 0.1) is 6.92 Å². The molecule has 4 rings (SSSR count). The highest BCUT2D eigenvalue weighted by Gasteiger charge is 2.44. The van der Waals surface area contributed by atoms with Crippen molar-refractivity contribution >= 4 is 5.91 Å². The highest BCUT2D eigenvalue weighted by molar-refractivity contribution is 5.79. The van der Waals surface area contributed by atoms with Crippen LogP contribution in [-0.2, 0) is 4.79 Å². The Balaban J connectivity index is 1.34. The van der Waals surface area contributed by atoms with E-state index in [-0.39, 0.29) is 30.7 Å². The molecule has 2 bridgehead atoms. The van der Waals surface area contributed by atoms with Crippen LogP contribution in [0.15, 0.2) is 48.8 Å². The number of hydrogen-bond donors (Lipinski definition) is 0. The number of carbonyl (C=O) groups is 1. The molecule has 26 heavy (non-hydrogen) atoms. The summed E-state index contributed by atoms with van der Waals surface area (Å²) >= 11 is 0. The molecule has 1 aromatic carbocycles. The molecule has 2 atom stereocenters. The maximum atomic E-state index is 12.7. The normalized spacial score (nSPS) is 24.3. The van der Waals surface area contributed by atoms with Gasteiger partial charge in [0.25, 0.3) is 5.91 Å². The summed E-state index contributed by atoms with van der Waals surface area (Å²) in [6.45, 7) is 2.13. The summed E-state index contributed by atoms with van der Waals surface area (Å²) in [5.74, 6) is 1.63. The third-order valence-electron chi connectivity index (χ3n) is 5.30. The molecule has 5 heteroatoms. The van der Waals surface area contributed by atoms with Crippen LogP contribution in [0.3, 0.4) is 0 Å². The van der Waals surface area contributed by atoms with Gasteiger partial charge in [0.15, 0.2) is 6.61 Å². The maximum Gasteiger partial charge on any atom is 0.261 e. The van der Waals surface area contributed by atoms with Gasteiger partial charge in [-0.25, -0.2) is 0 Å². The summed E-state index contributed by atoms with van der Waals surface area (Å²) < 4.78 is 11.8. The zero-order valence-corrected chi connectivity index (χ0v) is 15.0. The number of ether oxygens (including phenoxy) is 2. The lowest BCUT2D eigenvalue weighted by atomic mass is 9.99. The zero-order chi connectivity index (χ0) is 17.9. The second-order valence-electron chi connectivity index (χ2n) is 7.19. The minimum Gasteiger partial charge on any atom is -0.489 e. The Kier molecular flexibility index (Phi) is 4.78. The monoisotopic (exact) mass is 352 g/mol. The second kappa shape index (κ2) is 7.36. The van der Waals surface area contributed by atoms with Gasteiger partial charge in [-0.15, -0.1) is 0 Å². The Bertz CT molecular complexity index is 734. The van der Waals surface area contributed by atoms with Crippen LogP contribution >= 0.6 is 0 Å². The van der Waals surface area contributed by atoms with E-state index in [1.165, 1.54) is 5.56 Å². The largest absolute Gasteiger partial charge is 0.489 e. The molecule has 5 nitrogen and oxygen atoms in total. The van der Waals surface area contributed by atoms with Crippen LogP contribution in [0.2, 0.25) is 0 Å². The summed E-state index contributed by atoms with van der Waals surface area (Å²) in [6.07, 6.45) is 7.49. The van der Waals surface area contributed by atoms with Gasteiger partial charge in [-0.1, -0.05) is 17.7 Å². The molecule has 0 N–H and O–H groups in total. The lowest BCUT2D eigenvalue weighted by molar-refractivity contribution is -0.139. The lowest BCUT2D eigenvalue weighted by Gasteiger charge is -2.38. The highest BCUT2D eigenvalue weighted by atomic mass is 16.5. The molecule has 2 aliphatic rings. The fourth-order valence-electron chi connectivity index (χ4n) is 4.09. The molecule has 3 heterocycles. The van der Waals surface area contributed by atoms with Gasteiger partial charge in [0, 0.05) is 31.1 Å². The SMILES string of the molecule is Cc1ccc(OCC(=O)N2C3CCC2CC(Oc2cccnc2)C3)cc1. The number of benzene rings is 1. The molecule has 2 aliphatic heterocycles. The van der Waals surface area contributed by atoms with E-state index in [0.717, 1.165) is 37.2 Å². The van der Waals surface area contributed by atoms with E-state index < -0.39 is 0 Å². The fraction of sp³-hybridized carbons (Fsp3) is 0.429. The van der Waals surface area contributed by atoms with E-state index in [1.54, 1.807) is 12.4 Å². The van der Waals surface area contributed by atoms with Crippen LogP contribution in [0.1, 0.15) is 31.2 Å². The molecule has 0 aliphatic carbocycles. The number of hydrogen-bond acceptors (Lipinski definition) is 4. The molecule has 136 valence electrons. The third kappa shape index (κ3) is 3.66. The zero-order valence-electron chi connectivity index (χ0n) is 15.0. The van der Waals surface area contributed by atoms with Crippen LogP contribution in [0.4, 0.5) is 0 Å². The number of pyridine rings is 1.